The first-order valence-corrected chi connectivity index (χ1v) is 5.59. The van der Waals surface area contributed by atoms with Crippen LogP contribution in [0.3, 0.4) is 0 Å². The van der Waals surface area contributed by atoms with Gasteiger partial charge >= 0.3 is 12.0 Å². The van der Waals surface area contributed by atoms with E-state index in [9.17, 15) is 14.4 Å². The molecule has 1 fully saturated rings. The molecular formula is C10H17N3O4. The number of rotatable bonds is 3. The molecule has 96 valence electrons. The molecule has 1 rings (SSSR count). The van der Waals surface area contributed by atoms with Gasteiger partial charge in [0.15, 0.2) is 0 Å². The number of nitrogens with one attached hydrogen (secondary N) is 2. The molecule has 17 heavy (non-hydrogen) atoms. The van der Waals surface area contributed by atoms with Crippen molar-refractivity contribution >= 4 is 17.9 Å². The molecule has 0 unspecified atom stereocenters. The molecular weight excluding hydrogens is 226 g/mol. The minimum atomic E-state index is -1.05. The molecule has 7 heteroatoms. The molecule has 0 aromatic rings. The predicted octanol–water partition coefficient (Wildman–Crippen LogP) is -0.619. The topological polar surface area (TPSA) is 98.7 Å². The summed E-state index contributed by atoms with van der Waals surface area (Å²) in [6, 6.07) is -1.31. The quantitative estimate of drug-likeness (QED) is 0.615. The van der Waals surface area contributed by atoms with Crippen LogP contribution in [0.4, 0.5) is 4.79 Å². The summed E-state index contributed by atoms with van der Waals surface area (Å²) >= 11 is 0. The van der Waals surface area contributed by atoms with Crippen molar-refractivity contribution in [2.45, 2.75) is 25.8 Å². The van der Waals surface area contributed by atoms with Gasteiger partial charge in [-0.1, -0.05) is 6.92 Å². The highest BCUT2D eigenvalue weighted by Gasteiger charge is 2.23. The summed E-state index contributed by atoms with van der Waals surface area (Å²) in [5.74, 6) is -1.14. The van der Waals surface area contributed by atoms with E-state index in [1.54, 1.807) is 6.92 Å². The Morgan fingerprint density at radius 3 is 2.82 bits per heavy atom. The maximum absolute atomic E-state index is 11.7. The first-order valence-electron chi connectivity index (χ1n) is 5.59. The van der Waals surface area contributed by atoms with Crippen molar-refractivity contribution in [3.8, 4) is 0 Å². The van der Waals surface area contributed by atoms with Gasteiger partial charge in [-0.3, -0.25) is 4.79 Å². The fourth-order valence-corrected chi connectivity index (χ4v) is 1.55. The average Bonchev–Trinajstić information content (AvgIpc) is 2.50. The lowest BCUT2D eigenvalue weighted by molar-refractivity contribution is -0.139. The number of hydrogen-bond acceptors (Lipinski definition) is 3. The van der Waals surface area contributed by atoms with Crippen LogP contribution in [0.15, 0.2) is 0 Å². The van der Waals surface area contributed by atoms with Crippen LogP contribution in [-0.2, 0) is 9.59 Å². The number of amides is 3. The van der Waals surface area contributed by atoms with Crippen molar-refractivity contribution in [1.82, 2.24) is 15.5 Å². The smallest absolute Gasteiger partial charge is 0.326 e. The van der Waals surface area contributed by atoms with E-state index in [1.165, 1.54) is 4.90 Å². The first-order chi connectivity index (χ1) is 8.04. The van der Waals surface area contributed by atoms with E-state index in [1.807, 2.05) is 0 Å². The van der Waals surface area contributed by atoms with Gasteiger partial charge in [0.2, 0.25) is 5.91 Å². The van der Waals surface area contributed by atoms with E-state index in [0.717, 1.165) is 0 Å². The molecule has 1 atom stereocenters. The number of aliphatic carboxylic acids is 1. The molecule has 1 aliphatic rings. The summed E-state index contributed by atoms with van der Waals surface area (Å²) < 4.78 is 0. The number of carboxylic acids is 1. The van der Waals surface area contributed by atoms with Crippen LogP contribution in [0.5, 0.6) is 0 Å². The maximum atomic E-state index is 11.7. The minimum absolute atomic E-state index is 0.0921. The highest BCUT2D eigenvalue weighted by atomic mass is 16.4. The number of urea groups is 1. The van der Waals surface area contributed by atoms with E-state index in [2.05, 4.69) is 10.6 Å². The van der Waals surface area contributed by atoms with Gasteiger partial charge in [-0.05, 0) is 6.42 Å². The summed E-state index contributed by atoms with van der Waals surface area (Å²) in [5.41, 5.74) is 0. The van der Waals surface area contributed by atoms with E-state index < -0.39 is 18.0 Å². The van der Waals surface area contributed by atoms with Crippen molar-refractivity contribution in [3.05, 3.63) is 0 Å². The Labute approximate surface area is 99.2 Å². The number of carbonyl (C=O) groups is 3. The van der Waals surface area contributed by atoms with Gasteiger partial charge in [-0.15, -0.1) is 0 Å². The molecule has 3 N–H and O–H groups in total. The molecule has 0 saturated carbocycles. The van der Waals surface area contributed by atoms with E-state index in [0.29, 0.717) is 26.1 Å². The second kappa shape index (κ2) is 6.07. The van der Waals surface area contributed by atoms with Gasteiger partial charge in [0.1, 0.15) is 6.04 Å². The van der Waals surface area contributed by atoms with Gasteiger partial charge in [0.25, 0.3) is 0 Å². The summed E-state index contributed by atoms with van der Waals surface area (Å²) in [5, 5.41) is 13.9. The van der Waals surface area contributed by atoms with E-state index in [-0.39, 0.29) is 12.3 Å². The zero-order valence-corrected chi connectivity index (χ0v) is 9.73. The average molecular weight is 243 g/mol. The van der Waals surface area contributed by atoms with E-state index >= 15 is 0 Å². The summed E-state index contributed by atoms with van der Waals surface area (Å²) in [7, 11) is 0. The van der Waals surface area contributed by atoms with Crippen molar-refractivity contribution < 1.29 is 19.5 Å². The Hall–Kier alpha value is -1.79. The predicted molar refractivity (Wildman–Crippen MR) is 59.4 cm³/mol. The van der Waals surface area contributed by atoms with Crippen LogP contribution in [-0.4, -0.2) is 53.6 Å². The molecule has 0 bridgehead atoms. The molecule has 1 saturated heterocycles. The van der Waals surface area contributed by atoms with Crippen LogP contribution < -0.4 is 10.6 Å². The fraction of sp³-hybridized carbons (Fsp3) is 0.700. The van der Waals surface area contributed by atoms with E-state index in [4.69, 9.17) is 5.11 Å². The third-order valence-corrected chi connectivity index (χ3v) is 2.60. The van der Waals surface area contributed by atoms with Crippen LogP contribution in [0.2, 0.25) is 0 Å². The van der Waals surface area contributed by atoms with Gasteiger partial charge in [-0.25, -0.2) is 9.59 Å². The fourth-order valence-electron chi connectivity index (χ4n) is 1.55. The minimum Gasteiger partial charge on any atom is -0.480 e. The van der Waals surface area contributed by atoms with Crippen molar-refractivity contribution in [2.24, 2.45) is 0 Å². The lowest BCUT2D eigenvalue weighted by atomic mass is 10.2. The van der Waals surface area contributed by atoms with Gasteiger partial charge in [0, 0.05) is 26.1 Å². The van der Waals surface area contributed by atoms with Crippen LogP contribution in [0.1, 0.15) is 19.8 Å². The number of hydrogen-bond donors (Lipinski definition) is 3. The summed E-state index contributed by atoms with van der Waals surface area (Å²) in [4.78, 5) is 35.0. The van der Waals surface area contributed by atoms with Crippen molar-refractivity contribution in [1.29, 1.82) is 0 Å². The molecule has 0 aliphatic carbocycles. The molecule has 0 spiro atoms. The first kappa shape index (κ1) is 13.3. The molecule has 3 amide bonds. The van der Waals surface area contributed by atoms with Crippen LogP contribution in [0, 0.1) is 0 Å². The van der Waals surface area contributed by atoms with Crippen LogP contribution >= 0.6 is 0 Å². The highest BCUT2D eigenvalue weighted by molar-refractivity contribution is 5.83. The van der Waals surface area contributed by atoms with Crippen LogP contribution in [0.25, 0.3) is 0 Å². The molecule has 0 aromatic heterocycles. The number of carbonyl (C=O) groups excluding carboxylic acids is 2. The molecule has 1 aliphatic heterocycles. The number of nitrogens with zero attached hydrogens (tertiary/aromatic N) is 1. The standard InChI is InChI=1S/C10H17N3O4/c1-2-7(9(15)16)12-10(17)13-5-3-8(14)11-4-6-13/h7H,2-6H2,1H3,(H,11,14)(H,12,17)(H,15,16)/t7-/m1/s1. The third kappa shape index (κ3) is 3.93. The van der Waals surface area contributed by atoms with Crippen molar-refractivity contribution in [3.63, 3.8) is 0 Å². The Balaban J connectivity index is 2.51. The van der Waals surface area contributed by atoms with Gasteiger partial charge < -0.3 is 20.6 Å². The lowest BCUT2D eigenvalue weighted by Gasteiger charge is -2.22. The SMILES string of the molecule is CC[C@@H](NC(=O)N1CCNC(=O)CC1)C(=O)O. The highest BCUT2D eigenvalue weighted by Crippen LogP contribution is 1.99. The second-order valence-corrected chi connectivity index (χ2v) is 3.84. The Morgan fingerprint density at radius 1 is 1.53 bits per heavy atom. The summed E-state index contributed by atoms with van der Waals surface area (Å²) in [6.07, 6.45) is 0.573. The third-order valence-electron chi connectivity index (χ3n) is 2.60. The Morgan fingerprint density at radius 2 is 2.24 bits per heavy atom. The van der Waals surface area contributed by atoms with Gasteiger partial charge in [0.05, 0.1) is 0 Å². The zero-order chi connectivity index (χ0) is 12.8. The summed E-state index contributed by atoms with van der Waals surface area (Å²) in [6.45, 7) is 2.80. The van der Waals surface area contributed by atoms with Crippen molar-refractivity contribution in [2.75, 3.05) is 19.6 Å². The second-order valence-electron chi connectivity index (χ2n) is 3.84. The maximum Gasteiger partial charge on any atom is 0.326 e. The molecule has 1 heterocycles. The zero-order valence-electron chi connectivity index (χ0n) is 9.73. The Bertz CT molecular complexity index is 319. The lowest BCUT2D eigenvalue weighted by Crippen LogP contribution is -2.48. The molecule has 0 radical (unpaired) electrons. The molecule has 0 aromatic carbocycles. The molecule has 7 nitrogen and oxygen atoms in total. The Kier molecular flexibility index (Phi) is 4.74. The number of carboxylic acid groups (broad SMARTS) is 1. The monoisotopic (exact) mass is 243 g/mol. The largest absolute Gasteiger partial charge is 0.480 e. The normalized spacial score (nSPS) is 17.9. The van der Waals surface area contributed by atoms with Gasteiger partial charge in [-0.2, -0.15) is 0 Å².